The summed E-state index contributed by atoms with van der Waals surface area (Å²) in [7, 11) is 1.55. The van der Waals surface area contributed by atoms with Crippen molar-refractivity contribution in [2.45, 2.75) is 38.6 Å². The van der Waals surface area contributed by atoms with Crippen LogP contribution in [0.2, 0.25) is 5.28 Å². The fourth-order valence-corrected chi connectivity index (χ4v) is 3.76. The zero-order valence-electron chi connectivity index (χ0n) is 16.4. The van der Waals surface area contributed by atoms with Crippen LogP contribution >= 0.6 is 11.6 Å². The fraction of sp³-hybridized carbons (Fsp3) is 0.667. The SMILES string of the molecule is CN(CCO)c1nc(Cl)nc(CNC(=O)[C@H](CC2CCCC2)CN(O)C=O)c1F. The van der Waals surface area contributed by atoms with Crippen molar-refractivity contribution in [1.82, 2.24) is 20.3 Å². The summed E-state index contributed by atoms with van der Waals surface area (Å²) < 4.78 is 14.7. The van der Waals surface area contributed by atoms with Crippen molar-refractivity contribution in [3.8, 4) is 0 Å². The van der Waals surface area contributed by atoms with E-state index in [0.29, 0.717) is 17.4 Å². The molecule has 9 nitrogen and oxygen atoms in total. The highest BCUT2D eigenvalue weighted by molar-refractivity contribution is 6.28. The van der Waals surface area contributed by atoms with Gasteiger partial charge in [-0.1, -0.05) is 25.7 Å². The number of likely N-dealkylation sites (N-methyl/N-ethyl adjacent to an activating group) is 1. The Kier molecular flexibility index (Phi) is 8.99. The molecule has 1 aromatic heterocycles. The van der Waals surface area contributed by atoms with Crippen molar-refractivity contribution in [1.29, 1.82) is 0 Å². The maximum atomic E-state index is 14.7. The highest BCUT2D eigenvalue weighted by Gasteiger charge is 2.27. The number of anilines is 1. The number of nitrogens with one attached hydrogen (secondary N) is 1. The molecule has 1 aliphatic rings. The summed E-state index contributed by atoms with van der Waals surface area (Å²) in [6.45, 7) is -0.400. The van der Waals surface area contributed by atoms with E-state index in [1.54, 1.807) is 7.05 Å². The molecule has 3 N–H and O–H groups in total. The van der Waals surface area contributed by atoms with Gasteiger partial charge in [-0.15, -0.1) is 0 Å². The molecular formula is C18H27ClFN5O4. The molecule has 0 saturated heterocycles. The molecule has 0 unspecified atom stereocenters. The molecule has 1 saturated carbocycles. The van der Waals surface area contributed by atoms with E-state index in [1.807, 2.05) is 0 Å². The number of aliphatic hydroxyl groups is 1. The van der Waals surface area contributed by atoms with Crippen LogP contribution in [0, 0.1) is 17.7 Å². The van der Waals surface area contributed by atoms with Gasteiger partial charge in [-0.2, -0.15) is 4.98 Å². The molecule has 29 heavy (non-hydrogen) atoms. The molecule has 0 aliphatic heterocycles. The van der Waals surface area contributed by atoms with E-state index in [1.165, 1.54) is 4.90 Å². The maximum Gasteiger partial charge on any atom is 0.233 e. The minimum absolute atomic E-state index is 0.0757. The Hall–Kier alpha value is -2.04. The number of nitrogens with zero attached hydrogens (tertiary/aromatic N) is 4. The quantitative estimate of drug-likeness (QED) is 0.209. The third-order valence-corrected chi connectivity index (χ3v) is 5.26. The lowest BCUT2D eigenvalue weighted by molar-refractivity contribution is -0.155. The second-order valence-corrected chi connectivity index (χ2v) is 7.59. The van der Waals surface area contributed by atoms with E-state index in [0.717, 1.165) is 25.7 Å². The molecular weight excluding hydrogens is 405 g/mol. The highest BCUT2D eigenvalue weighted by Crippen LogP contribution is 2.30. The van der Waals surface area contributed by atoms with Crippen LogP contribution in [0.25, 0.3) is 0 Å². The first-order valence-corrected chi connectivity index (χ1v) is 9.95. The molecule has 1 aromatic rings. The lowest BCUT2D eigenvalue weighted by Crippen LogP contribution is -2.38. The Bertz CT molecular complexity index is 705. The van der Waals surface area contributed by atoms with E-state index in [9.17, 15) is 19.2 Å². The van der Waals surface area contributed by atoms with Gasteiger partial charge in [0.05, 0.1) is 25.6 Å². The molecule has 11 heteroatoms. The number of carbonyl (C=O) groups excluding carboxylic acids is 2. The largest absolute Gasteiger partial charge is 0.395 e. The van der Waals surface area contributed by atoms with E-state index in [-0.39, 0.29) is 49.4 Å². The number of carbonyl (C=O) groups is 2. The first-order chi connectivity index (χ1) is 13.8. The van der Waals surface area contributed by atoms with Crippen molar-refractivity contribution >= 4 is 29.7 Å². The van der Waals surface area contributed by atoms with Crippen LogP contribution in [0.1, 0.15) is 37.8 Å². The van der Waals surface area contributed by atoms with Crippen molar-refractivity contribution < 1.29 is 24.3 Å². The Morgan fingerprint density at radius 3 is 2.72 bits per heavy atom. The van der Waals surface area contributed by atoms with Gasteiger partial charge in [0.2, 0.25) is 17.6 Å². The third-order valence-electron chi connectivity index (χ3n) is 5.09. The van der Waals surface area contributed by atoms with Crippen LogP contribution in [0.5, 0.6) is 0 Å². The zero-order valence-corrected chi connectivity index (χ0v) is 17.1. The lowest BCUT2D eigenvalue weighted by atomic mass is 9.92. The molecule has 162 valence electrons. The molecule has 1 aliphatic carbocycles. The van der Waals surface area contributed by atoms with E-state index < -0.39 is 17.6 Å². The molecule has 1 atom stereocenters. The predicted molar refractivity (Wildman–Crippen MR) is 104 cm³/mol. The fourth-order valence-electron chi connectivity index (χ4n) is 3.57. The monoisotopic (exact) mass is 431 g/mol. The number of halogens is 2. The topological polar surface area (TPSA) is 119 Å². The number of aliphatic hydroxyl groups excluding tert-OH is 1. The molecule has 0 spiro atoms. The molecule has 1 fully saturated rings. The second kappa shape index (κ2) is 11.2. The van der Waals surface area contributed by atoms with E-state index in [2.05, 4.69) is 15.3 Å². The average Bonchev–Trinajstić information content (AvgIpc) is 3.20. The van der Waals surface area contributed by atoms with Gasteiger partial charge in [-0.3, -0.25) is 14.8 Å². The maximum absolute atomic E-state index is 14.7. The number of aromatic nitrogens is 2. The Morgan fingerprint density at radius 1 is 1.41 bits per heavy atom. The standard InChI is InChI=1S/C18H27ClFN5O4/c1-24(6-7-26)16-15(20)14(22-18(19)23-16)9-21-17(28)13(10-25(29)11-27)8-12-4-2-3-5-12/h11-13,26,29H,2-10H2,1H3,(H,21,28)/t13-/m1/s1. The minimum atomic E-state index is -0.741. The van der Waals surface area contributed by atoms with Crippen LogP contribution in [-0.2, 0) is 16.1 Å². The van der Waals surface area contributed by atoms with Crippen LogP contribution in [0.15, 0.2) is 0 Å². The van der Waals surface area contributed by atoms with Gasteiger partial charge in [-0.05, 0) is 23.9 Å². The van der Waals surface area contributed by atoms with Crippen molar-refractivity contribution in [3.63, 3.8) is 0 Å². The smallest absolute Gasteiger partial charge is 0.233 e. The number of hydrogen-bond acceptors (Lipinski definition) is 7. The Labute approximate surface area is 173 Å². The van der Waals surface area contributed by atoms with Crippen LogP contribution in [0.4, 0.5) is 10.2 Å². The first-order valence-electron chi connectivity index (χ1n) is 9.58. The van der Waals surface area contributed by atoms with E-state index in [4.69, 9.17) is 16.7 Å². The normalized spacial score (nSPS) is 15.2. The molecule has 2 amide bonds. The summed E-state index contributed by atoms with van der Waals surface area (Å²) >= 11 is 5.88. The summed E-state index contributed by atoms with van der Waals surface area (Å²) in [6.07, 6.45) is 5.00. The first kappa shape index (κ1) is 23.2. The molecule has 0 aromatic carbocycles. The number of rotatable bonds is 11. The summed E-state index contributed by atoms with van der Waals surface area (Å²) in [4.78, 5) is 32.5. The zero-order chi connectivity index (χ0) is 21.4. The van der Waals surface area contributed by atoms with Gasteiger partial charge < -0.3 is 15.3 Å². The highest BCUT2D eigenvalue weighted by atomic mass is 35.5. The van der Waals surface area contributed by atoms with Crippen molar-refractivity contribution in [2.75, 3.05) is 31.6 Å². The van der Waals surface area contributed by atoms with Crippen LogP contribution in [-0.4, -0.2) is 64.4 Å². The molecule has 0 radical (unpaired) electrons. The van der Waals surface area contributed by atoms with Gasteiger partial charge in [0.25, 0.3) is 0 Å². The lowest BCUT2D eigenvalue weighted by Gasteiger charge is -2.22. The van der Waals surface area contributed by atoms with Gasteiger partial charge in [0, 0.05) is 13.6 Å². The summed E-state index contributed by atoms with van der Waals surface area (Å²) in [5, 5.41) is 21.4. The summed E-state index contributed by atoms with van der Waals surface area (Å²) in [6, 6.07) is 0. The molecule has 0 bridgehead atoms. The number of amides is 2. The van der Waals surface area contributed by atoms with Crippen LogP contribution < -0.4 is 10.2 Å². The Balaban J connectivity index is 2.08. The van der Waals surface area contributed by atoms with Gasteiger partial charge in [0.15, 0.2) is 11.6 Å². The van der Waals surface area contributed by atoms with Gasteiger partial charge in [0.1, 0.15) is 5.69 Å². The third kappa shape index (κ3) is 6.76. The van der Waals surface area contributed by atoms with E-state index >= 15 is 0 Å². The summed E-state index contributed by atoms with van der Waals surface area (Å²) in [5.74, 6) is -1.49. The van der Waals surface area contributed by atoms with Crippen molar-refractivity contribution in [3.05, 3.63) is 16.8 Å². The second-order valence-electron chi connectivity index (χ2n) is 7.25. The number of hydroxylamine groups is 2. The molecule has 2 rings (SSSR count). The predicted octanol–water partition coefficient (Wildman–Crippen LogP) is 1.36. The Morgan fingerprint density at radius 2 is 2.10 bits per heavy atom. The average molecular weight is 432 g/mol. The van der Waals surface area contributed by atoms with Crippen LogP contribution in [0.3, 0.4) is 0 Å². The van der Waals surface area contributed by atoms with Crippen molar-refractivity contribution in [2.24, 2.45) is 11.8 Å². The number of hydrogen-bond donors (Lipinski definition) is 3. The minimum Gasteiger partial charge on any atom is -0.395 e. The van der Waals surface area contributed by atoms with Gasteiger partial charge in [-0.25, -0.2) is 14.4 Å². The van der Waals surface area contributed by atoms with Gasteiger partial charge >= 0.3 is 0 Å². The summed E-state index contributed by atoms with van der Waals surface area (Å²) in [5.41, 5.74) is -0.0889. The molecule has 1 heterocycles.